The minimum absolute atomic E-state index is 0.169. The maximum atomic E-state index is 11.5. The average molecular weight is 446 g/mol. The fraction of sp³-hybridized carbons (Fsp3) is 0.458. The number of halogens is 1. The zero-order valence-corrected chi connectivity index (χ0v) is 18.8. The number of carbonyl (C=O) groups excluding carboxylic acids is 1. The van der Waals surface area contributed by atoms with Crippen molar-refractivity contribution in [3.8, 4) is 0 Å². The normalized spacial score (nSPS) is 17.4. The van der Waals surface area contributed by atoms with Gasteiger partial charge < -0.3 is 20.9 Å². The molecule has 2 aromatic carbocycles. The number of hydrogen-bond acceptors (Lipinski definition) is 5. The molecule has 1 aliphatic heterocycles. The van der Waals surface area contributed by atoms with Crippen LogP contribution in [0.5, 0.6) is 0 Å². The number of likely N-dealkylation sites (tertiary alicyclic amines) is 1. The Labute approximate surface area is 189 Å². The summed E-state index contributed by atoms with van der Waals surface area (Å²) in [6, 6.07) is 15.5. The molecule has 0 spiro atoms. The van der Waals surface area contributed by atoms with Crippen LogP contribution in [0.4, 0.5) is 0 Å². The molecule has 0 aliphatic carbocycles. The predicted octanol–water partition coefficient (Wildman–Crippen LogP) is 2.96. The van der Waals surface area contributed by atoms with Gasteiger partial charge in [-0.3, -0.25) is 9.69 Å². The van der Waals surface area contributed by atoms with Gasteiger partial charge in [-0.05, 0) is 62.2 Å². The van der Waals surface area contributed by atoms with Crippen molar-refractivity contribution in [3.05, 3.63) is 70.2 Å². The van der Waals surface area contributed by atoms with E-state index in [0.717, 1.165) is 43.1 Å². The Bertz CT molecular complexity index is 849. The van der Waals surface area contributed by atoms with Gasteiger partial charge in [0, 0.05) is 29.7 Å². The first-order chi connectivity index (χ1) is 14.8. The highest BCUT2D eigenvalue weighted by Crippen LogP contribution is 2.17. The van der Waals surface area contributed by atoms with E-state index in [0.29, 0.717) is 18.2 Å². The molecule has 6 nitrogen and oxygen atoms in total. The molecule has 1 heterocycles. The van der Waals surface area contributed by atoms with Crippen LogP contribution >= 0.6 is 11.6 Å². The van der Waals surface area contributed by atoms with E-state index in [1.54, 1.807) is 19.1 Å². The van der Waals surface area contributed by atoms with Gasteiger partial charge in [-0.1, -0.05) is 41.9 Å². The molecule has 4 N–H and O–H groups in total. The maximum absolute atomic E-state index is 11.5. The van der Waals surface area contributed by atoms with Crippen molar-refractivity contribution in [2.45, 2.75) is 44.6 Å². The number of rotatable bonds is 10. The van der Waals surface area contributed by atoms with Crippen LogP contribution in [-0.2, 0) is 17.9 Å². The molecule has 1 amide bonds. The van der Waals surface area contributed by atoms with E-state index in [9.17, 15) is 9.90 Å². The van der Waals surface area contributed by atoms with Crippen molar-refractivity contribution >= 4 is 17.5 Å². The smallest absolute Gasteiger partial charge is 0.249 e. The Hall–Kier alpha value is -1.96. The molecule has 1 aliphatic rings. The van der Waals surface area contributed by atoms with Gasteiger partial charge in [-0.15, -0.1) is 0 Å². The number of amides is 1. The van der Waals surface area contributed by atoms with Crippen molar-refractivity contribution in [3.63, 3.8) is 0 Å². The van der Waals surface area contributed by atoms with Crippen molar-refractivity contribution in [1.82, 2.24) is 10.2 Å². The maximum Gasteiger partial charge on any atom is 0.249 e. The summed E-state index contributed by atoms with van der Waals surface area (Å²) in [5, 5.41) is 14.9. The monoisotopic (exact) mass is 445 g/mol. The lowest BCUT2D eigenvalue weighted by Gasteiger charge is -2.34. The van der Waals surface area contributed by atoms with Crippen LogP contribution < -0.4 is 11.1 Å². The SMILES string of the molecule is CC(O)(CNC1CCN(Cc2ccc(Cl)cc2)CC1)COCc1ccccc1C(N)=O. The zero-order valence-electron chi connectivity index (χ0n) is 18.0. The van der Waals surface area contributed by atoms with Gasteiger partial charge in [-0.2, -0.15) is 0 Å². The molecular weight excluding hydrogens is 414 g/mol. The lowest BCUT2D eigenvalue weighted by Crippen LogP contribution is -2.49. The van der Waals surface area contributed by atoms with Crippen molar-refractivity contribution in [1.29, 1.82) is 0 Å². The lowest BCUT2D eigenvalue weighted by molar-refractivity contribution is -0.0403. The summed E-state index contributed by atoms with van der Waals surface area (Å²) < 4.78 is 5.69. The Morgan fingerprint density at radius 3 is 2.58 bits per heavy atom. The minimum atomic E-state index is -0.998. The van der Waals surface area contributed by atoms with Crippen LogP contribution in [0.15, 0.2) is 48.5 Å². The number of nitrogens with two attached hydrogens (primary N) is 1. The van der Waals surface area contributed by atoms with Gasteiger partial charge in [-0.25, -0.2) is 0 Å². The second-order valence-electron chi connectivity index (χ2n) is 8.57. The van der Waals surface area contributed by atoms with Crippen LogP contribution in [0.3, 0.4) is 0 Å². The van der Waals surface area contributed by atoms with Gasteiger partial charge >= 0.3 is 0 Å². The zero-order chi connectivity index (χ0) is 22.3. The molecular formula is C24H32ClN3O3. The molecule has 1 saturated heterocycles. The van der Waals surface area contributed by atoms with Gasteiger partial charge in [0.15, 0.2) is 0 Å². The van der Waals surface area contributed by atoms with Gasteiger partial charge in [0.25, 0.3) is 0 Å². The van der Waals surface area contributed by atoms with E-state index in [1.807, 2.05) is 24.3 Å². The molecule has 0 saturated carbocycles. The van der Waals surface area contributed by atoms with Gasteiger partial charge in [0.05, 0.1) is 18.8 Å². The summed E-state index contributed by atoms with van der Waals surface area (Å²) in [5.41, 5.74) is 6.85. The van der Waals surface area contributed by atoms with Crippen LogP contribution in [0.1, 0.15) is 41.3 Å². The van der Waals surface area contributed by atoms with E-state index >= 15 is 0 Å². The second-order valence-corrected chi connectivity index (χ2v) is 9.01. The third kappa shape index (κ3) is 7.59. The summed E-state index contributed by atoms with van der Waals surface area (Å²) in [5.74, 6) is -0.477. The summed E-state index contributed by atoms with van der Waals surface area (Å²) >= 11 is 5.96. The largest absolute Gasteiger partial charge is 0.386 e. The second kappa shape index (κ2) is 11.1. The summed E-state index contributed by atoms with van der Waals surface area (Å²) in [4.78, 5) is 13.9. The number of aliphatic hydroxyl groups is 1. The van der Waals surface area contributed by atoms with Crippen molar-refractivity contribution in [2.75, 3.05) is 26.2 Å². The summed E-state index contributed by atoms with van der Waals surface area (Å²) in [6.07, 6.45) is 2.08. The highest BCUT2D eigenvalue weighted by atomic mass is 35.5. The molecule has 31 heavy (non-hydrogen) atoms. The number of nitrogens with zero attached hydrogens (tertiary/aromatic N) is 1. The standard InChI is InChI=1S/C24H32ClN3O3/c1-24(30,17-31-15-19-4-2-3-5-22(19)23(26)29)16-27-21-10-12-28(13-11-21)14-18-6-8-20(25)9-7-18/h2-9,21,27,30H,10-17H2,1H3,(H2,26,29). The Kier molecular flexibility index (Phi) is 8.46. The highest BCUT2D eigenvalue weighted by Gasteiger charge is 2.25. The molecule has 3 rings (SSSR count). The van der Waals surface area contributed by atoms with E-state index in [4.69, 9.17) is 22.1 Å². The molecule has 0 bridgehead atoms. The van der Waals surface area contributed by atoms with Crippen LogP contribution in [-0.4, -0.2) is 53.8 Å². The molecule has 2 aromatic rings. The molecule has 1 atom stereocenters. The van der Waals surface area contributed by atoms with Crippen LogP contribution in [0, 0.1) is 0 Å². The topological polar surface area (TPSA) is 87.8 Å². The highest BCUT2D eigenvalue weighted by molar-refractivity contribution is 6.30. The lowest BCUT2D eigenvalue weighted by atomic mass is 10.0. The first-order valence-electron chi connectivity index (χ1n) is 10.7. The number of primary amides is 1. The molecule has 1 unspecified atom stereocenters. The molecule has 0 radical (unpaired) electrons. The Morgan fingerprint density at radius 2 is 1.90 bits per heavy atom. The number of piperidine rings is 1. The number of nitrogens with one attached hydrogen (secondary N) is 1. The molecule has 168 valence electrons. The fourth-order valence-electron chi connectivity index (χ4n) is 3.83. The Morgan fingerprint density at radius 1 is 1.23 bits per heavy atom. The van der Waals surface area contributed by atoms with E-state index in [1.165, 1.54) is 5.56 Å². The Balaban J connectivity index is 1.37. The van der Waals surface area contributed by atoms with Crippen LogP contribution in [0.2, 0.25) is 5.02 Å². The van der Waals surface area contributed by atoms with Crippen molar-refractivity contribution < 1.29 is 14.6 Å². The quantitative estimate of drug-likeness (QED) is 0.523. The minimum Gasteiger partial charge on any atom is -0.386 e. The molecule has 7 heteroatoms. The third-order valence-electron chi connectivity index (χ3n) is 5.63. The molecule has 0 aromatic heterocycles. The molecule has 1 fully saturated rings. The van der Waals surface area contributed by atoms with Crippen molar-refractivity contribution in [2.24, 2.45) is 5.73 Å². The van der Waals surface area contributed by atoms with Gasteiger partial charge in [0.2, 0.25) is 5.91 Å². The van der Waals surface area contributed by atoms with Gasteiger partial charge in [0.1, 0.15) is 0 Å². The summed E-state index contributed by atoms with van der Waals surface area (Å²) in [7, 11) is 0. The number of benzene rings is 2. The fourth-order valence-corrected chi connectivity index (χ4v) is 3.95. The number of carbonyl (C=O) groups is 1. The van der Waals surface area contributed by atoms with E-state index in [-0.39, 0.29) is 13.2 Å². The number of hydrogen-bond donors (Lipinski definition) is 3. The average Bonchev–Trinajstić information content (AvgIpc) is 2.75. The first kappa shape index (κ1) is 23.7. The van der Waals surface area contributed by atoms with Crippen LogP contribution in [0.25, 0.3) is 0 Å². The summed E-state index contributed by atoms with van der Waals surface area (Å²) in [6.45, 7) is 5.58. The predicted molar refractivity (Wildman–Crippen MR) is 123 cm³/mol. The van der Waals surface area contributed by atoms with E-state index < -0.39 is 11.5 Å². The van der Waals surface area contributed by atoms with E-state index in [2.05, 4.69) is 22.3 Å². The third-order valence-corrected chi connectivity index (χ3v) is 5.88. The number of ether oxygens (including phenoxy) is 1. The first-order valence-corrected chi connectivity index (χ1v) is 11.1.